The van der Waals surface area contributed by atoms with Crippen LogP contribution in [-0.2, 0) is 11.2 Å². The van der Waals surface area contributed by atoms with Crippen LogP contribution in [0.1, 0.15) is 5.56 Å². The molecule has 0 unspecified atom stereocenters. The lowest BCUT2D eigenvalue weighted by molar-refractivity contribution is -0.138. The van der Waals surface area contributed by atoms with Gasteiger partial charge >= 0.3 is 5.97 Å². The first-order valence-corrected chi connectivity index (χ1v) is 4.34. The zero-order valence-electron chi connectivity index (χ0n) is 7.27. The van der Waals surface area contributed by atoms with Gasteiger partial charge in [0.05, 0.1) is 0 Å². The Balaban J connectivity index is 2.82. The lowest BCUT2D eigenvalue weighted by atomic mass is 10.1. The van der Waals surface area contributed by atoms with E-state index in [0.29, 0.717) is 10.6 Å². The monoisotopic (exact) mass is 215 g/mol. The first-order chi connectivity index (χ1) is 6.50. The maximum absolute atomic E-state index is 10.4. The van der Waals surface area contributed by atoms with Crippen LogP contribution >= 0.6 is 11.6 Å². The number of hydrogen-bond acceptors (Lipinski definition) is 3. The zero-order valence-corrected chi connectivity index (χ0v) is 8.03. The molecule has 5 heteroatoms. The van der Waals surface area contributed by atoms with Crippen molar-refractivity contribution >= 4 is 17.6 Å². The van der Waals surface area contributed by atoms with Crippen molar-refractivity contribution in [3.63, 3.8) is 0 Å². The Bertz CT molecular complexity index is 354. The van der Waals surface area contributed by atoms with Crippen LogP contribution in [0.25, 0.3) is 0 Å². The summed E-state index contributed by atoms with van der Waals surface area (Å²) < 4.78 is 0. The minimum Gasteiger partial charge on any atom is -0.508 e. The second kappa shape index (κ2) is 4.30. The molecule has 0 heterocycles. The molecule has 0 spiro atoms. The van der Waals surface area contributed by atoms with E-state index in [0.717, 1.165) is 0 Å². The second-order valence-electron chi connectivity index (χ2n) is 2.92. The predicted octanol–water partition coefficient (Wildman–Crippen LogP) is 1.00. The number of phenols is 1. The summed E-state index contributed by atoms with van der Waals surface area (Å²) in [5, 5.41) is 18.3. The van der Waals surface area contributed by atoms with Crippen molar-refractivity contribution < 1.29 is 15.0 Å². The number of carbonyl (C=O) groups is 1. The fourth-order valence-corrected chi connectivity index (χ4v) is 1.20. The number of benzene rings is 1. The Hall–Kier alpha value is -1.26. The molecular formula is C9H10ClNO3. The molecule has 4 nitrogen and oxygen atoms in total. The summed E-state index contributed by atoms with van der Waals surface area (Å²) in [6.07, 6.45) is 0.0817. The maximum Gasteiger partial charge on any atom is 0.320 e. The number of aromatic hydroxyl groups is 1. The van der Waals surface area contributed by atoms with Gasteiger partial charge in [-0.25, -0.2) is 0 Å². The van der Waals surface area contributed by atoms with Gasteiger partial charge in [0.2, 0.25) is 0 Å². The van der Waals surface area contributed by atoms with Crippen molar-refractivity contribution in [2.24, 2.45) is 5.73 Å². The van der Waals surface area contributed by atoms with Crippen molar-refractivity contribution in [1.29, 1.82) is 0 Å². The molecule has 4 N–H and O–H groups in total. The number of nitrogens with two attached hydrogens (primary N) is 1. The maximum atomic E-state index is 10.4. The van der Waals surface area contributed by atoms with E-state index in [2.05, 4.69) is 0 Å². The molecule has 0 bridgehead atoms. The first-order valence-electron chi connectivity index (χ1n) is 3.96. The predicted molar refractivity (Wildman–Crippen MR) is 52.4 cm³/mol. The SMILES string of the molecule is N[C@@H](Cc1ccc(Cl)cc1O)C(=O)O. The number of hydrogen-bond donors (Lipinski definition) is 3. The van der Waals surface area contributed by atoms with Crippen LogP contribution in [0.3, 0.4) is 0 Å². The van der Waals surface area contributed by atoms with E-state index in [9.17, 15) is 9.90 Å². The molecule has 14 heavy (non-hydrogen) atoms. The smallest absolute Gasteiger partial charge is 0.320 e. The first kappa shape index (κ1) is 10.8. The van der Waals surface area contributed by atoms with Gasteiger partial charge in [0, 0.05) is 11.4 Å². The molecule has 1 aromatic carbocycles. The molecule has 0 aliphatic heterocycles. The summed E-state index contributed by atoms with van der Waals surface area (Å²) in [6.45, 7) is 0. The number of carboxylic acid groups (broad SMARTS) is 1. The molecule has 0 amide bonds. The normalized spacial score (nSPS) is 12.4. The molecule has 1 aromatic rings. The Morgan fingerprint density at radius 1 is 1.57 bits per heavy atom. The molecule has 0 aromatic heterocycles. The topological polar surface area (TPSA) is 83.5 Å². The van der Waals surface area contributed by atoms with Gasteiger partial charge in [0.15, 0.2) is 0 Å². The molecule has 0 saturated heterocycles. The highest BCUT2D eigenvalue weighted by atomic mass is 35.5. The van der Waals surface area contributed by atoms with Crippen LogP contribution in [-0.4, -0.2) is 22.2 Å². The quantitative estimate of drug-likeness (QED) is 0.703. The highest BCUT2D eigenvalue weighted by Crippen LogP contribution is 2.22. The van der Waals surface area contributed by atoms with Crippen molar-refractivity contribution in [2.75, 3.05) is 0 Å². The Kier molecular flexibility index (Phi) is 3.33. The van der Waals surface area contributed by atoms with Crippen LogP contribution in [0.5, 0.6) is 5.75 Å². The van der Waals surface area contributed by atoms with E-state index in [1.165, 1.54) is 6.07 Å². The van der Waals surface area contributed by atoms with E-state index < -0.39 is 12.0 Å². The molecule has 1 atom stereocenters. The summed E-state index contributed by atoms with van der Waals surface area (Å²) in [7, 11) is 0. The lowest BCUT2D eigenvalue weighted by Crippen LogP contribution is -2.32. The van der Waals surface area contributed by atoms with Crippen LogP contribution in [0.2, 0.25) is 5.02 Å². The zero-order chi connectivity index (χ0) is 10.7. The number of halogens is 1. The van der Waals surface area contributed by atoms with Gasteiger partial charge < -0.3 is 15.9 Å². The average molecular weight is 216 g/mol. The van der Waals surface area contributed by atoms with Gasteiger partial charge in [0.1, 0.15) is 11.8 Å². The molecule has 0 radical (unpaired) electrons. The summed E-state index contributed by atoms with van der Waals surface area (Å²) >= 11 is 5.61. The van der Waals surface area contributed by atoms with Crippen molar-refractivity contribution in [1.82, 2.24) is 0 Å². The van der Waals surface area contributed by atoms with Gasteiger partial charge in [-0.2, -0.15) is 0 Å². The fourth-order valence-electron chi connectivity index (χ4n) is 1.03. The highest BCUT2D eigenvalue weighted by Gasteiger charge is 2.14. The summed E-state index contributed by atoms with van der Waals surface area (Å²) in [5.74, 6) is -1.13. The van der Waals surface area contributed by atoms with Gasteiger partial charge in [-0.15, -0.1) is 0 Å². The van der Waals surface area contributed by atoms with Crippen LogP contribution in [0.15, 0.2) is 18.2 Å². The Morgan fingerprint density at radius 2 is 2.21 bits per heavy atom. The van der Waals surface area contributed by atoms with Gasteiger partial charge in [0.25, 0.3) is 0 Å². The van der Waals surface area contributed by atoms with Crippen LogP contribution < -0.4 is 5.73 Å². The van der Waals surface area contributed by atoms with Crippen molar-refractivity contribution in [3.8, 4) is 5.75 Å². The van der Waals surface area contributed by atoms with E-state index in [-0.39, 0.29) is 12.2 Å². The van der Waals surface area contributed by atoms with E-state index in [1.807, 2.05) is 0 Å². The second-order valence-corrected chi connectivity index (χ2v) is 3.36. The van der Waals surface area contributed by atoms with Crippen molar-refractivity contribution in [3.05, 3.63) is 28.8 Å². The largest absolute Gasteiger partial charge is 0.508 e. The van der Waals surface area contributed by atoms with Gasteiger partial charge in [-0.05, 0) is 17.7 Å². The van der Waals surface area contributed by atoms with Gasteiger partial charge in [-0.1, -0.05) is 17.7 Å². The van der Waals surface area contributed by atoms with Crippen molar-refractivity contribution in [2.45, 2.75) is 12.5 Å². The summed E-state index contributed by atoms with van der Waals surface area (Å²) in [6, 6.07) is 3.47. The van der Waals surface area contributed by atoms with E-state index in [4.69, 9.17) is 22.4 Å². The third-order valence-corrected chi connectivity index (χ3v) is 2.04. The molecule has 0 aliphatic rings. The minimum absolute atomic E-state index is 0.0331. The lowest BCUT2D eigenvalue weighted by Gasteiger charge is -2.08. The standard InChI is InChI=1S/C9H10ClNO3/c10-6-2-1-5(8(12)4-6)3-7(11)9(13)14/h1-2,4,7,12H,3,11H2,(H,13,14)/t7-/m0/s1. The molecule has 0 saturated carbocycles. The summed E-state index contributed by atoms with van der Waals surface area (Å²) in [5.41, 5.74) is 5.79. The number of rotatable bonds is 3. The molecule has 0 aliphatic carbocycles. The average Bonchev–Trinajstić information content (AvgIpc) is 2.09. The number of aliphatic carboxylic acids is 1. The van der Waals surface area contributed by atoms with Crippen LogP contribution in [0.4, 0.5) is 0 Å². The van der Waals surface area contributed by atoms with E-state index in [1.54, 1.807) is 12.1 Å². The number of phenolic OH excluding ortho intramolecular Hbond substituents is 1. The highest BCUT2D eigenvalue weighted by molar-refractivity contribution is 6.30. The third-order valence-electron chi connectivity index (χ3n) is 1.80. The van der Waals surface area contributed by atoms with Gasteiger partial charge in [-0.3, -0.25) is 4.79 Å². The summed E-state index contributed by atoms with van der Waals surface area (Å²) in [4.78, 5) is 10.4. The molecule has 1 rings (SSSR count). The Labute approximate surface area is 85.9 Å². The van der Waals surface area contributed by atoms with Crippen LogP contribution in [0, 0.1) is 0 Å². The molecule has 0 fully saturated rings. The third kappa shape index (κ3) is 2.61. The van der Waals surface area contributed by atoms with E-state index >= 15 is 0 Å². The minimum atomic E-state index is -1.10. The number of carboxylic acids is 1. The fraction of sp³-hybridized carbons (Fsp3) is 0.222. The molecule has 76 valence electrons. The molecular weight excluding hydrogens is 206 g/mol. The Morgan fingerprint density at radius 3 is 2.71 bits per heavy atom.